The summed E-state index contributed by atoms with van der Waals surface area (Å²) in [5, 5.41) is 3.12. The van der Waals surface area contributed by atoms with Gasteiger partial charge in [0, 0.05) is 17.3 Å². The SMILES string of the molecule is Cc1nc(-c2cn3c(C)cccc3n2)cs1. The Morgan fingerprint density at radius 1 is 1.12 bits per heavy atom. The molecule has 0 atom stereocenters. The van der Waals surface area contributed by atoms with Gasteiger partial charge in [0.15, 0.2) is 0 Å². The smallest absolute Gasteiger partial charge is 0.137 e. The number of pyridine rings is 1. The number of hydrogen-bond acceptors (Lipinski definition) is 3. The number of thiazole rings is 1. The Kier molecular flexibility index (Phi) is 2.04. The van der Waals surface area contributed by atoms with Gasteiger partial charge < -0.3 is 4.40 Å². The van der Waals surface area contributed by atoms with Crippen LogP contribution in [0, 0.1) is 13.8 Å². The number of fused-ring (bicyclic) bond motifs is 1. The molecule has 3 aromatic rings. The van der Waals surface area contributed by atoms with Crippen LogP contribution in [0.4, 0.5) is 0 Å². The van der Waals surface area contributed by atoms with E-state index in [4.69, 9.17) is 0 Å². The zero-order valence-electron chi connectivity index (χ0n) is 9.14. The van der Waals surface area contributed by atoms with Crippen LogP contribution in [0.25, 0.3) is 17.0 Å². The quantitative estimate of drug-likeness (QED) is 0.642. The van der Waals surface area contributed by atoms with Crippen molar-refractivity contribution in [2.24, 2.45) is 0 Å². The molecule has 0 bridgehead atoms. The molecule has 3 rings (SSSR count). The van der Waals surface area contributed by atoms with Gasteiger partial charge in [-0.3, -0.25) is 0 Å². The lowest BCUT2D eigenvalue weighted by Crippen LogP contribution is -1.86. The first kappa shape index (κ1) is 9.54. The van der Waals surface area contributed by atoms with Gasteiger partial charge >= 0.3 is 0 Å². The molecule has 0 unspecified atom stereocenters. The molecular formula is C12H11N3S. The molecule has 16 heavy (non-hydrogen) atoms. The van der Waals surface area contributed by atoms with Gasteiger partial charge in [-0.1, -0.05) is 6.07 Å². The molecular weight excluding hydrogens is 218 g/mol. The number of hydrogen-bond donors (Lipinski definition) is 0. The third kappa shape index (κ3) is 1.42. The Balaban J connectivity index is 2.22. The second-order valence-electron chi connectivity index (χ2n) is 3.77. The Labute approximate surface area is 97.4 Å². The van der Waals surface area contributed by atoms with Crippen molar-refractivity contribution in [1.29, 1.82) is 0 Å². The maximum atomic E-state index is 4.56. The van der Waals surface area contributed by atoms with Crippen LogP contribution in [0.2, 0.25) is 0 Å². The van der Waals surface area contributed by atoms with E-state index in [-0.39, 0.29) is 0 Å². The van der Waals surface area contributed by atoms with Crippen molar-refractivity contribution in [2.75, 3.05) is 0 Å². The zero-order chi connectivity index (χ0) is 11.1. The molecule has 0 spiro atoms. The largest absolute Gasteiger partial charge is 0.304 e. The lowest BCUT2D eigenvalue weighted by atomic mass is 10.3. The molecule has 0 saturated carbocycles. The van der Waals surface area contributed by atoms with E-state index < -0.39 is 0 Å². The highest BCUT2D eigenvalue weighted by Crippen LogP contribution is 2.21. The first-order valence-electron chi connectivity index (χ1n) is 5.11. The van der Waals surface area contributed by atoms with E-state index in [0.717, 1.165) is 22.0 Å². The van der Waals surface area contributed by atoms with Crippen molar-refractivity contribution in [3.05, 3.63) is 40.5 Å². The summed E-state index contributed by atoms with van der Waals surface area (Å²) in [6, 6.07) is 6.11. The summed E-state index contributed by atoms with van der Waals surface area (Å²) in [6.07, 6.45) is 2.04. The van der Waals surface area contributed by atoms with E-state index in [1.807, 2.05) is 30.6 Å². The highest BCUT2D eigenvalue weighted by Gasteiger charge is 2.07. The van der Waals surface area contributed by atoms with E-state index in [1.165, 1.54) is 5.69 Å². The van der Waals surface area contributed by atoms with Gasteiger partial charge in [-0.2, -0.15) is 0 Å². The minimum atomic E-state index is 0.943. The second-order valence-corrected chi connectivity index (χ2v) is 4.84. The molecule has 0 saturated heterocycles. The lowest BCUT2D eigenvalue weighted by molar-refractivity contribution is 1.09. The molecule has 4 heteroatoms. The summed E-state index contributed by atoms with van der Waals surface area (Å²) in [4.78, 5) is 9.01. The van der Waals surface area contributed by atoms with Crippen LogP contribution in [0.3, 0.4) is 0 Å². The molecule has 0 aliphatic carbocycles. The zero-order valence-corrected chi connectivity index (χ0v) is 9.95. The maximum absolute atomic E-state index is 4.56. The van der Waals surface area contributed by atoms with Crippen LogP contribution in [-0.2, 0) is 0 Å². The summed E-state index contributed by atoms with van der Waals surface area (Å²) in [5.74, 6) is 0. The average molecular weight is 229 g/mol. The molecule has 0 radical (unpaired) electrons. The molecule has 0 amide bonds. The normalized spacial score (nSPS) is 11.1. The maximum Gasteiger partial charge on any atom is 0.137 e. The molecule has 0 aliphatic rings. The molecule has 0 aromatic carbocycles. The monoisotopic (exact) mass is 229 g/mol. The van der Waals surface area contributed by atoms with E-state index in [9.17, 15) is 0 Å². The minimum Gasteiger partial charge on any atom is -0.304 e. The van der Waals surface area contributed by atoms with Crippen molar-refractivity contribution >= 4 is 17.0 Å². The van der Waals surface area contributed by atoms with E-state index in [1.54, 1.807) is 11.3 Å². The third-order valence-electron chi connectivity index (χ3n) is 2.58. The number of rotatable bonds is 1. The van der Waals surface area contributed by atoms with E-state index in [2.05, 4.69) is 27.4 Å². The molecule has 3 heterocycles. The fraction of sp³-hybridized carbons (Fsp3) is 0.167. The van der Waals surface area contributed by atoms with Crippen LogP contribution in [-0.4, -0.2) is 14.4 Å². The standard InChI is InChI=1S/C12H11N3S/c1-8-4-3-5-12-14-10(6-15(8)12)11-7-16-9(2)13-11/h3-7H,1-2H3. The van der Waals surface area contributed by atoms with Gasteiger partial charge in [0.2, 0.25) is 0 Å². The number of aromatic nitrogens is 3. The molecule has 3 aromatic heterocycles. The molecule has 3 nitrogen and oxygen atoms in total. The lowest BCUT2D eigenvalue weighted by Gasteiger charge is -1.95. The summed E-state index contributed by atoms with van der Waals surface area (Å²) in [5.41, 5.74) is 4.06. The van der Waals surface area contributed by atoms with Crippen LogP contribution in [0.1, 0.15) is 10.7 Å². The van der Waals surface area contributed by atoms with Crippen molar-refractivity contribution in [3.63, 3.8) is 0 Å². The highest BCUT2D eigenvalue weighted by atomic mass is 32.1. The fourth-order valence-corrected chi connectivity index (χ4v) is 2.36. The predicted octanol–water partition coefficient (Wildman–Crippen LogP) is 3.07. The van der Waals surface area contributed by atoms with Gasteiger partial charge in [-0.05, 0) is 26.0 Å². The minimum absolute atomic E-state index is 0.943. The van der Waals surface area contributed by atoms with Crippen molar-refractivity contribution in [3.8, 4) is 11.4 Å². The van der Waals surface area contributed by atoms with Gasteiger partial charge in [-0.15, -0.1) is 11.3 Å². The fourth-order valence-electron chi connectivity index (χ4n) is 1.75. The van der Waals surface area contributed by atoms with Crippen LogP contribution in [0.5, 0.6) is 0 Å². The van der Waals surface area contributed by atoms with Gasteiger partial charge in [0.05, 0.1) is 5.01 Å². The summed E-state index contributed by atoms with van der Waals surface area (Å²) in [6.45, 7) is 4.08. The van der Waals surface area contributed by atoms with Gasteiger partial charge in [0.25, 0.3) is 0 Å². The van der Waals surface area contributed by atoms with Crippen LogP contribution >= 0.6 is 11.3 Å². The summed E-state index contributed by atoms with van der Waals surface area (Å²) < 4.78 is 2.09. The first-order chi connectivity index (χ1) is 7.74. The Bertz CT molecular complexity index is 651. The van der Waals surface area contributed by atoms with Crippen molar-refractivity contribution in [2.45, 2.75) is 13.8 Å². The summed E-state index contributed by atoms with van der Waals surface area (Å²) >= 11 is 1.65. The van der Waals surface area contributed by atoms with Crippen LogP contribution in [0.15, 0.2) is 29.8 Å². The van der Waals surface area contributed by atoms with Crippen molar-refractivity contribution in [1.82, 2.24) is 14.4 Å². The number of imidazole rings is 1. The summed E-state index contributed by atoms with van der Waals surface area (Å²) in [7, 11) is 0. The number of nitrogens with zero attached hydrogens (tertiary/aromatic N) is 3. The molecule has 80 valence electrons. The first-order valence-corrected chi connectivity index (χ1v) is 5.99. The van der Waals surface area contributed by atoms with Crippen LogP contribution < -0.4 is 0 Å². The Morgan fingerprint density at radius 3 is 2.69 bits per heavy atom. The molecule has 0 fully saturated rings. The number of aryl methyl sites for hydroxylation is 2. The van der Waals surface area contributed by atoms with E-state index >= 15 is 0 Å². The van der Waals surface area contributed by atoms with Gasteiger partial charge in [-0.25, -0.2) is 9.97 Å². The van der Waals surface area contributed by atoms with Crippen molar-refractivity contribution < 1.29 is 0 Å². The Morgan fingerprint density at radius 2 is 2.00 bits per heavy atom. The average Bonchev–Trinajstić information content (AvgIpc) is 2.84. The topological polar surface area (TPSA) is 30.2 Å². The highest BCUT2D eigenvalue weighted by molar-refractivity contribution is 7.09. The second kappa shape index (κ2) is 3.42. The van der Waals surface area contributed by atoms with E-state index in [0.29, 0.717) is 0 Å². The molecule has 0 N–H and O–H groups in total. The molecule has 0 aliphatic heterocycles. The predicted molar refractivity (Wildman–Crippen MR) is 65.8 cm³/mol. The Hall–Kier alpha value is -1.68. The van der Waals surface area contributed by atoms with Gasteiger partial charge in [0.1, 0.15) is 17.0 Å². The third-order valence-corrected chi connectivity index (χ3v) is 3.35.